The van der Waals surface area contributed by atoms with E-state index < -0.39 is 0 Å². The molecule has 0 fully saturated rings. The van der Waals surface area contributed by atoms with Crippen molar-refractivity contribution >= 4 is 49.0 Å². The normalized spacial score (nSPS) is 10.0. The summed E-state index contributed by atoms with van der Waals surface area (Å²) in [5, 5.41) is 0. The molecule has 0 saturated heterocycles. The fourth-order valence-electron chi connectivity index (χ4n) is 1.22. The first-order valence-corrected chi connectivity index (χ1v) is 6.68. The van der Waals surface area contributed by atoms with Gasteiger partial charge in [0.2, 0.25) is 0 Å². The van der Waals surface area contributed by atoms with E-state index in [-0.39, 0.29) is 0 Å². The molecule has 0 N–H and O–H groups in total. The average Bonchev–Trinajstić information content (AvgIpc) is 2.07. The van der Waals surface area contributed by atoms with Gasteiger partial charge in [0, 0.05) is 0 Å². The van der Waals surface area contributed by atoms with E-state index in [9.17, 15) is 0 Å². The third-order valence-electron chi connectivity index (χ3n) is 1.91. The van der Waals surface area contributed by atoms with Crippen molar-refractivity contribution in [3.63, 3.8) is 0 Å². The molecule has 1 aromatic rings. The zero-order chi connectivity index (χ0) is 7.94. The van der Waals surface area contributed by atoms with E-state index in [1.807, 2.05) is 0 Å². The zero-order valence-electron chi connectivity index (χ0n) is 7.22. The summed E-state index contributed by atoms with van der Waals surface area (Å²) >= 11 is 1.06. The van der Waals surface area contributed by atoms with Crippen LogP contribution in [0.4, 0.5) is 0 Å². The molecule has 0 radical (unpaired) electrons. The monoisotopic (exact) mass is 172 g/mol. The summed E-state index contributed by atoms with van der Waals surface area (Å²) in [5.41, 5.74) is 1.49. The predicted molar refractivity (Wildman–Crippen MR) is 49.9 cm³/mol. The van der Waals surface area contributed by atoms with Crippen LogP contribution < -0.4 is 0 Å². The van der Waals surface area contributed by atoms with Crippen molar-refractivity contribution in [3.05, 3.63) is 35.9 Å². The van der Waals surface area contributed by atoms with Crippen LogP contribution in [0.25, 0.3) is 0 Å². The van der Waals surface area contributed by atoms with E-state index in [1.54, 1.807) is 0 Å². The number of unbranched alkanes of at least 4 members (excludes halogenated alkanes) is 1. The molecule has 0 aromatic heterocycles. The van der Waals surface area contributed by atoms with Crippen LogP contribution in [0.3, 0.4) is 0 Å². The molecule has 0 aliphatic rings. The van der Waals surface area contributed by atoms with Gasteiger partial charge in [0.1, 0.15) is 0 Å². The minimum absolute atomic E-state index is 1.06. The summed E-state index contributed by atoms with van der Waals surface area (Å²) in [6.45, 7) is 0. The number of benzene rings is 1. The first-order valence-electron chi connectivity index (χ1n) is 4.47. The minimum atomic E-state index is 1.06. The molecular weight excluding hydrogens is 159 g/mol. The van der Waals surface area contributed by atoms with Gasteiger partial charge in [-0.2, -0.15) is 0 Å². The van der Waals surface area contributed by atoms with Crippen LogP contribution in [0.5, 0.6) is 0 Å². The number of hydrogen-bond donors (Lipinski definition) is 0. The van der Waals surface area contributed by atoms with Crippen molar-refractivity contribution in [3.8, 4) is 0 Å². The van der Waals surface area contributed by atoms with Gasteiger partial charge in [0.05, 0.1) is 0 Å². The number of hydrogen-bond acceptors (Lipinski definition) is 0. The molecule has 54 valence electrons. The van der Waals surface area contributed by atoms with Crippen LogP contribution in [0.1, 0.15) is 18.4 Å². The second kappa shape index (κ2) is 6.38. The standard InChI is InChI=1S/C10H13.K/c1-2-3-7-10-8-5-4-6-9-10;/h4-6,8-9H,1-3,7H2;. The molecule has 0 unspecified atom stereocenters. The van der Waals surface area contributed by atoms with Gasteiger partial charge >= 0.3 is 105 Å². The second-order valence-electron chi connectivity index (χ2n) is 2.94. The molecule has 0 nitrogen and oxygen atoms in total. The summed E-state index contributed by atoms with van der Waals surface area (Å²) in [7, 11) is 0. The van der Waals surface area contributed by atoms with Crippen LogP contribution in [0.15, 0.2) is 30.3 Å². The Kier molecular flexibility index (Phi) is 5.77. The van der Waals surface area contributed by atoms with Crippen molar-refractivity contribution in [2.45, 2.75) is 19.8 Å². The molecule has 1 heteroatoms. The Balaban J connectivity index is 2.28. The maximum absolute atomic E-state index is 2.22. The fourth-order valence-corrected chi connectivity index (χ4v) is 2.00. The molecule has 0 spiro atoms. The molecule has 0 atom stereocenters. The Morgan fingerprint density at radius 2 is 1.73 bits per heavy atom. The maximum atomic E-state index is 2.22. The first-order chi connectivity index (χ1) is 5.43. The van der Waals surface area contributed by atoms with Gasteiger partial charge in [-0.15, -0.1) is 0 Å². The summed E-state index contributed by atoms with van der Waals surface area (Å²) in [6, 6.07) is 10.8. The van der Waals surface area contributed by atoms with E-state index in [4.69, 9.17) is 0 Å². The average molecular weight is 172 g/mol. The van der Waals surface area contributed by atoms with Crippen LogP contribution >= 0.6 is 0 Å². The van der Waals surface area contributed by atoms with Crippen molar-refractivity contribution in [1.29, 1.82) is 0 Å². The molecule has 0 aliphatic heterocycles. The molecule has 11 heavy (non-hydrogen) atoms. The SMILES string of the molecule is [K][CH2]CCCc1ccccc1. The van der Waals surface area contributed by atoms with Crippen LogP contribution in [0, 0.1) is 0 Å². The molecule has 0 aliphatic carbocycles. The van der Waals surface area contributed by atoms with Crippen molar-refractivity contribution in [2.24, 2.45) is 0 Å². The fraction of sp³-hybridized carbons (Fsp3) is 0.400. The van der Waals surface area contributed by atoms with E-state index in [0.717, 1.165) is 49.0 Å². The van der Waals surface area contributed by atoms with E-state index in [0.29, 0.717) is 0 Å². The van der Waals surface area contributed by atoms with Crippen LogP contribution in [-0.4, -0.2) is 49.0 Å². The van der Waals surface area contributed by atoms with Gasteiger partial charge in [-0.3, -0.25) is 0 Å². The number of rotatable bonds is 4. The van der Waals surface area contributed by atoms with E-state index >= 15 is 0 Å². The number of aryl methyl sites for hydroxylation is 1. The Labute approximate surface area is 103 Å². The Bertz CT molecular complexity index is 181. The predicted octanol–water partition coefficient (Wildman–Crippen LogP) is 2.60. The van der Waals surface area contributed by atoms with Crippen LogP contribution in [0.2, 0.25) is 0.515 Å². The van der Waals surface area contributed by atoms with Crippen molar-refractivity contribution < 1.29 is 0 Å². The van der Waals surface area contributed by atoms with Gasteiger partial charge in [0.25, 0.3) is 0 Å². The van der Waals surface area contributed by atoms with Crippen molar-refractivity contribution in [2.75, 3.05) is 0 Å². The van der Waals surface area contributed by atoms with Gasteiger partial charge in [0.15, 0.2) is 0 Å². The van der Waals surface area contributed by atoms with Gasteiger partial charge in [-0.1, -0.05) is 0 Å². The summed E-state index contributed by atoms with van der Waals surface area (Å²) in [6.07, 6.45) is 4.09. The Morgan fingerprint density at radius 1 is 1.00 bits per heavy atom. The summed E-state index contributed by atoms with van der Waals surface area (Å²) < 4.78 is 1.50. The van der Waals surface area contributed by atoms with Crippen molar-refractivity contribution in [1.82, 2.24) is 0 Å². The Morgan fingerprint density at radius 3 is 2.36 bits per heavy atom. The molecule has 1 aromatic carbocycles. The zero-order valence-corrected chi connectivity index (χ0v) is 10.3. The van der Waals surface area contributed by atoms with E-state index in [2.05, 4.69) is 30.3 Å². The topological polar surface area (TPSA) is 0 Å². The van der Waals surface area contributed by atoms with Gasteiger partial charge in [-0.25, -0.2) is 0 Å². The molecule has 0 amide bonds. The van der Waals surface area contributed by atoms with E-state index in [1.165, 1.54) is 25.3 Å². The third-order valence-corrected chi connectivity index (χ3v) is 3.02. The van der Waals surface area contributed by atoms with Gasteiger partial charge < -0.3 is 0 Å². The molecular formula is C10H13K. The Hall–Kier alpha value is 0.856. The molecule has 0 saturated carbocycles. The quantitative estimate of drug-likeness (QED) is 0.484. The summed E-state index contributed by atoms with van der Waals surface area (Å²) in [4.78, 5) is 0. The van der Waals surface area contributed by atoms with Gasteiger partial charge in [-0.05, 0) is 0 Å². The summed E-state index contributed by atoms with van der Waals surface area (Å²) in [5.74, 6) is 0. The first kappa shape index (κ1) is 9.94. The molecule has 0 bridgehead atoms. The van der Waals surface area contributed by atoms with Crippen LogP contribution in [-0.2, 0) is 6.42 Å². The third kappa shape index (κ3) is 4.44. The molecule has 1 rings (SSSR count). The second-order valence-corrected chi connectivity index (χ2v) is 4.50. The molecule has 0 heterocycles.